The lowest BCUT2D eigenvalue weighted by atomic mass is 9.93. The number of Topliss-reactive ketones (excluding diaryl/α,β-unsaturated/α-hetero) is 1. The normalized spacial score (nSPS) is 17.0. The lowest BCUT2D eigenvalue weighted by Gasteiger charge is -2.17. The van der Waals surface area contributed by atoms with Crippen molar-refractivity contribution < 1.29 is 17.9 Å². The number of hydrogen-bond donors (Lipinski definition) is 1. The zero-order chi connectivity index (χ0) is 17.5. The van der Waals surface area contributed by atoms with E-state index in [0.717, 1.165) is 5.56 Å². The predicted molar refractivity (Wildman–Crippen MR) is 91.2 cm³/mol. The summed E-state index contributed by atoms with van der Waals surface area (Å²) in [4.78, 5) is 12.8. The van der Waals surface area contributed by atoms with Crippen LogP contribution in [0.2, 0.25) is 0 Å². The number of rotatable bonds is 3. The van der Waals surface area contributed by atoms with Gasteiger partial charge >= 0.3 is 0 Å². The summed E-state index contributed by atoms with van der Waals surface area (Å²) < 4.78 is 28.7. The van der Waals surface area contributed by atoms with Crippen molar-refractivity contribution in [3.05, 3.63) is 65.7 Å². The fourth-order valence-electron chi connectivity index (χ4n) is 2.62. The first kappa shape index (κ1) is 16.4. The Hall–Kier alpha value is -2.44. The standard InChI is InChI=1S/C18H17NO4S/c1-18(2)17(20)15(16(23-18)13-6-4-3-5-7-13)12-8-10-14(11-9-12)24(19,21)22/h3-11H,1-2H3,(H2,19,21,22). The van der Waals surface area contributed by atoms with E-state index in [4.69, 9.17) is 9.88 Å². The van der Waals surface area contributed by atoms with Crippen molar-refractivity contribution in [1.29, 1.82) is 0 Å². The minimum Gasteiger partial charge on any atom is -0.478 e. The van der Waals surface area contributed by atoms with E-state index in [2.05, 4.69) is 0 Å². The molecule has 0 radical (unpaired) electrons. The van der Waals surface area contributed by atoms with Crippen LogP contribution in [0.1, 0.15) is 25.0 Å². The zero-order valence-corrected chi connectivity index (χ0v) is 14.1. The molecule has 0 fully saturated rings. The zero-order valence-electron chi connectivity index (χ0n) is 13.3. The summed E-state index contributed by atoms with van der Waals surface area (Å²) in [5.41, 5.74) is 0.852. The fourth-order valence-corrected chi connectivity index (χ4v) is 3.14. The molecule has 2 aromatic rings. The van der Waals surface area contributed by atoms with Gasteiger partial charge in [0.05, 0.1) is 10.5 Å². The van der Waals surface area contributed by atoms with Gasteiger partial charge in [0.1, 0.15) is 5.76 Å². The number of nitrogens with two attached hydrogens (primary N) is 1. The highest BCUT2D eigenvalue weighted by Gasteiger charge is 2.42. The maximum atomic E-state index is 12.8. The van der Waals surface area contributed by atoms with Crippen LogP contribution in [0, 0.1) is 0 Å². The van der Waals surface area contributed by atoms with Crippen LogP contribution in [0.4, 0.5) is 0 Å². The Morgan fingerprint density at radius 3 is 2.04 bits per heavy atom. The van der Waals surface area contributed by atoms with Gasteiger partial charge in [-0.05, 0) is 31.5 Å². The molecular formula is C18H17NO4S. The summed E-state index contributed by atoms with van der Waals surface area (Å²) in [5, 5.41) is 5.12. The van der Waals surface area contributed by atoms with Crippen LogP contribution in [0.15, 0.2) is 59.5 Å². The molecule has 0 bridgehead atoms. The van der Waals surface area contributed by atoms with Gasteiger partial charge in [0, 0.05) is 5.56 Å². The van der Waals surface area contributed by atoms with Gasteiger partial charge in [-0.1, -0.05) is 42.5 Å². The molecule has 0 aliphatic carbocycles. The largest absolute Gasteiger partial charge is 0.478 e. The lowest BCUT2D eigenvalue weighted by molar-refractivity contribution is -0.125. The summed E-state index contributed by atoms with van der Waals surface area (Å²) >= 11 is 0. The maximum absolute atomic E-state index is 12.8. The summed E-state index contributed by atoms with van der Waals surface area (Å²) in [7, 11) is -3.78. The van der Waals surface area contributed by atoms with Crippen molar-refractivity contribution >= 4 is 27.1 Å². The molecule has 124 valence electrons. The molecule has 0 aromatic heterocycles. The molecule has 2 N–H and O–H groups in total. The average molecular weight is 343 g/mol. The third kappa shape index (κ3) is 2.86. The van der Waals surface area contributed by atoms with Gasteiger partial charge in [-0.25, -0.2) is 13.6 Å². The topological polar surface area (TPSA) is 86.5 Å². The average Bonchev–Trinajstić information content (AvgIpc) is 2.78. The molecule has 0 spiro atoms. The van der Waals surface area contributed by atoms with Crippen LogP contribution in [0.3, 0.4) is 0 Å². The number of sulfonamides is 1. The minimum atomic E-state index is -3.78. The van der Waals surface area contributed by atoms with Crippen molar-refractivity contribution in [3.8, 4) is 0 Å². The van der Waals surface area contributed by atoms with Gasteiger partial charge in [0.25, 0.3) is 0 Å². The maximum Gasteiger partial charge on any atom is 0.238 e. The van der Waals surface area contributed by atoms with E-state index in [1.807, 2.05) is 30.3 Å². The van der Waals surface area contributed by atoms with E-state index in [-0.39, 0.29) is 10.7 Å². The molecule has 0 unspecified atom stereocenters. The molecule has 2 aromatic carbocycles. The van der Waals surface area contributed by atoms with Crippen LogP contribution < -0.4 is 5.14 Å². The SMILES string of the molecule is CC1(C)OC(c2ccccc2)=C(c2ccc(S(N)(=O)=O)cc2)C1=O. The van der Waals surface area contributed by atoms with Crippen molar-refractivity contribution in [1.82, 2.24) is 0 Å². The predicted octanol–water partition coefficient (Wildman–Crippen LogP) is 2.58. The molecule has 1 heterocycles. The van der Waals surface area contributed by atoms with Crippen molar-refractivity contribution in [3.63, 3.8) is 0 Å². The highest BCUT2D eigenvalue weighted by atomic mass is 32.2. The van der Waals surface area contributed by atoms with Gasteiger partial charge in [-0.3, -0.25) is 4.79 Å². The third-order valence-electron chi connectivity index (χ3n) is 3.87. The molecule has 3 rings (SSSR count). The Morgan fingerprint density at radius 2 is 1.50 bits per heavy atom. The Kier molecular flexibility index (Phi) is 3.81. The first-order valence-electron chi connectivity index (χ1n) is 7.37. The van der Waals surface area contributed by atoms with Gasteiger partial charge in [-0.15, -0.1) is 0 Å². The quantitative estimate of drug-likeness (QED) is 0.928. The molecular weight excluding hydrogens is 326 g/mol. The van der Waals surface area contributed by atoms with E-state index in [1.165, 1.54) is 12.1 Å². The smallest absolute Gasteiger partial charge is 0.238 e. The molecule has 5 nitrogen and oxygen atoms in total. The molecule has 0 atom stereocenters. The van der Waals surface area contributed by atoms with Gasteiger partial charge < -0.3 is 4.74 Å². The molecule has 24 heavy (non-hydrogen) atoms. The molecule has 6 heteroatoms. The first-order valence-corrected chi connectivity index (χ1v) is 8.91. The number of ether oxygens (including phenoxy) is 1. The number of carbonyl (C=O) groups is 1. The van der Waals surface area contributed by atoms with Gasteiger partial charge in [0.15, 0.2) is 5.60 Å². The van der Waals surface area contributed by atoms with E-state index < -0.39 is 15.6 Å². The van der Waals surface area contributed by atoms with Crippen LogP contribution in [-0.4, -0.2) is 19.8 Å². The number of hydrogen-bond acceptors (Lipinski definition) is 4. The number of ketones is 1. The third-order valence-corrected chi connectivity index (χ3v) is 4.79. The Morgan fingerprint density at radius 1 is 0.917 bits per heavy atom. The van der Waals surface area contributed by atoms with Gasteiger partial charge in [-0.2, -0.15) is 0 Å². The molecule has 0 amide bonds. The van der Waals surface area contributed by atoms with E-state index >= 15 is 0 Å². The molecule has 0 saturated heterocycles. The second-order valence-corrected chi connectivity index (χ2v) is 7.64. The van der Waals surface area contributed by atoms with Crippen LogP contribution >= 0.6 is 0 Å². The summed E-state index contributed by atoms with van der Waals surface area (Å²) in [6, 6.07) is 15.3. The Bertz CT molecular complexity index is 927. The van der Waals surface area contributed by atoms with Crippen LogP contribution in [0.5, 0.6) is 0 Å². The second kappa shape index (κ2) is 5.58. The first-order chi connectivity index (χ1) is 11.2. The van der Waals surface area contributed by atoms with E-state index in [0.29, 0.717) is 16.9 Å². The minimum absolute atomic E-state index is 0.00117. The Balaban J connectivity index is 2.16. The second-order valence-electron chi connectivity index (χ2n) is 6.08. The van der Waals surface area contributed by atoms with Crippen molar-refractivity contribution in [2.45, 2.75) is 24.3 Å². The summed E-state index contributed by atoms with van der Waals surface area (Å²) in [6.45, 7) is 3.42. The number of primary sulfonamides is 1. The van der Waals surface area contributed by atoms with Gasteiger partial charge in [0.2, 0.25) is 15.8 Å². The van der Waals surface area contributed by atoms with Crippen molar-refractivity contribution in [2.75, 3.05) is 0 Å². The number of benzene rings is 2. The highest BCUT2D eigenvalue weighted by Crippen LogP contribution is 2.41. The van der Waals surface area contributed by atoms with Crippen LogP contribution in [0.25, 0.3) is 11.3 Å². The Labute approximate surface area is 140 Å². The fraction of sp³-hybridized carbons (Fsp3) is 0.167. The summed E-state index contributed by atoms with van der Waals surface area (Å²) in [5.74, 6) is 0.346. The highest BCUT2D eigenvalue weighted by molar-refractivity contribution is 7.89. The summed E-state index contributed by atoms with van der Waals surface area (Å²) in [6.07, 6.45) is 0. The number of carbonyl (C=O) groups excluding carboxylic acids is 1. The lowest BCUT2D eigenvalue weighted by Crippen LogP contribution is -2.29. The van der Waals surface area contributed by atoms with Crippen molar-refractivity contribution in [2.24, 2.45) is 5.14 Å². The van der Waals surface area contributed by atoms with Crippen LogP contribution in [-0.2, 0) is 19.6 Å². The van der Waals surface area contributed by atoms with E-state index in [9.17, 15) is 13.2 Å². The monoisotopic (exact) mass is 343 g/mol. The molecule has 1 aliphatic heterocycles. The van der Waals surface area contributed by atoms with E-state index in [1.54, 1.807) is 26.0 Å². The molecule has 1 aliphatic rings. The molecule has 0 saturated carbocycles.